The van der Waals surface area contributed by atoms with E-state index >= 15 is 0 Å². The van der Waals surface area contributed by atoms with Crippen LogP contribution >= 0.6 is 12.2 Å². The molecular weight excluding hydrogens is 267 g/mol. The third-order valence-corrected chi connectivity index (χ3v) is 2.15. The van der Waals surface area contributed by atoms with Gasteiger partial charge in [-0.15, -0.1) is 0 Å². The number of nitrogens with zero attached hydrogens (tertiary/aromatic N) is 1. The van der Waals surface area contributed by atoms with Crippen molar-refractivity contribution in [2.24, 2.45) is 11.7 Å². The number of nitrogens with two attached hydrogens (primary N) is 1. The maximum atomic E-state index is 12.0. The Morgan fingerprint density at radius 3 is 2.39 bits per heavy atom. The first kappa shape index (κ1) is 16.9. The number of urea groups is 1. The molecule has 0 fully saturated rings. The second-order valence-electron chi connectivity index (χ2n) is 4.33. The van der Waals surface area contributed by atoms with Gasteiger partial charge in [-0.25, -0.2) is 4.79 Å². The van der Waals surface area contributed by atoms with Crippen molar-refractivity contribution in [1.82, 2.24) is 10.2 Å². The average molecular weight is 285 g/mol. The molecule has 18 heavy (non-hydrogen) atoms. The van der Waals surface area contributed by atoms with Crippen LogP contribution in [0.1, 0.15) is 20.3 Å². The fraction of sp³-hybridized carbons (Fsp3) is 0.800. The number of carbonyl (C=O) groups excluding carboxylic acids is 1. The minimum atomic E-state index is -4.41. The van der Waals surface area contributed by atoms with E-state index in [0.717, 1.165) is 0 Å². The van der Waals surface area contributed by atoms with E-state index in [1.165, 1.54) is 4.90 Å². The summed E-state index contributed by atoms with van der Waals surface area (Å²) in [5.41, 5.74) is 5.31. The van der Waals surface area contributed by atoms with Crippen LogP contribution in [-0.2, 0) is 0 Å². The molecule has 0 spiro atoms. The zero-order chi connectivity index (χ0) is 14.3. The van der Waals surface area contributed by atoms with Gasteiger partial charge in [0.05, 0.1) is 4.99 Å². The van der Waals surface area contributed by atoms with Crippen LogP contribution in [0, 0.1) is 5.92 Å². The number of hydrogen-bond acceptors (Lipinski definition) is 2. The third-order valence-electron chi connectivity index (χ3n) is 1.94. The zero-order valence-electron chi connectivity index (χ0n) is 10.4. The van der Waals surface area contributed by atoms with E-state index in [1.54, 1.807) is 0 Å². The van der Waals surface area contributed by atoms with Crippen LogP contribution in [0.5, 0.6) is 0 Å². The van der Waals surface area contributed by atoms with E-state index in [-0.39, 0.29) is 17.5 Å². The van der Waals surface area contributed by atoms with Crippen molar-refractivity contribution in [3.8, 4) is 0 Å². The van der Waals surface area contributed by atoms with E-state index in [2.05, 4.69) is 12.2 Å². The molecule has 106 valence electrons. The number of rotatable bonds is 6. The predicted octanol–water partition coefficient (Wildman–Crippen LogP) is 1.89. The molecule has 0 aromatic rings. The monoisotopic (exact) mass is 285 g/mol. The molecule has 0 bridgehead atoms. The maximum Gasteiger partial charge on any atom is 0.405 e. The van der Waals surface area contributed by atoms with E-state index in [1.807, 2.05) is 19.2 Å². The fourth-order valence-electron chi connectivity index (χ4n) is 1.25. The molecular formula is C10H18F3N3OS. The van der Waals surface area contributed by atoms with Crippen molar-refractivity contribution in [1.29, 1.82) is 0 Å². The highest BCUT2D eigenvalue weighted by Gasteiger charge is 2.28. The van der Waals surface area contributed by atoms with Gasteiger partial charge in [-0.3, -0.25) is 0 Å². The van der Waals surface area contributed by atoms with Gasteiger partial charge in [-0.05, 0) is 5.92 Å². The minimum Gasteiger partial charge on any atom is -0.393 e. The molecule has 0 rings (SSSR count). The molecule has 0 aliphatic rings. The third kappa shape index (κ3) is 9.03. The van der Waals surface area contributed by atoms with Crippen LogP contribution in [0.25, 0.3) is 0 Å². The van der Waals surface area contributed by atoms with E-state index < -0.39 is 18.8 Å². The SMILES string of the molecule is CC(C)CN(CCC(N)=S)C(=O)NCC(F)(F)F. The summed E-state index contributed by atoms with van der Waals surface area (Å²) in [6.45, 7) is 2.96. The Kier molecular flexibility index (Phi) is 6.97. The Morgan fingerprint density at radius 1 is 1.44 bits per heavy atom. The first-order valence-corrected chi connectivity index (χ1v) is 5.90. The molecule has 4 nitrogen and oxygen atoms in total. The molecule has 0 saturated heterocycles. The molecule has 0 heterocycles. The zero-order valence-corrected chi connectivity index (χ0v) is 11.2. The van der Waals surface area contributed by atoms with Crippen LogP contribution in [-0.4, -0.2) is 41.7 Å². The second-order valence-corrected chi connectivity index (χ2v) is 4.85. The van der Waals surface area contributed by atoms with Gasteiger partial charge < -0.3 is 16.0 Å². The van der Waals surface area contributed by atoms with Crippen LogP contribution < -0.4 is 11.1 Å². The van der Waals surface area contributed by atoms with Gasteiger partial charge in [0.2, 0.25) is 0 Å². The lowest BCUT2D eigenvalue weighted by molar-refractivity contribution is -0.123. The summed E-state index contributed by atoms with van der Waals surface area (Å²) in [7, 11) is 0. The second kappa shape index (κ2) is 7.40. The normalized spacial score (nSPS) is 11.4. The fourth-order valence-corrected chi connectivity index (χ4v) is 1.34. The Hall–Kier alpha value is -1.05. The van der Waals surface area contributed by atoms with Crippen molar-refractivity contribution in [3.63, 3.8) is 0 Å². The molecule has 3 N–H and O–H groups in total. The van der Waals surface area contributed by atoms with Crippen LogP contribution in [0.3, 0.4) is 0 Å². The highest BCUT2D eigenvalue weighted by Crippen LogP contribution is 2.12. The molecule has 0 aliphatic heterocycles. The number of hydrogen-bond donors (Lipinski definition) is 2. The number of halogens is 3. The summed E-state index contributed by atoms with van der Waals surface area (Å²) in [6.07, 6.45) is -4.12. The topological polar surface area (TPSA) is 58.4 Å². The summed E-state index contributed by atoms with van der Waals surface area (Å²) in [6, 6.07) is -0.753. The van der Waals surface area contributed by atoms with Gasteiger partial charge in [0.1, 0.15) is 6.54 Å². The Morgan fingerprint density at radius 2 is 2.00 bits per heavy atom. The van der Waals surface area contributed by atoms with Gasteiger partial charge in [0.15, 0.2) is 0 Å². The Balaban J connectivity index is 4.35. The highest BCUT2D eigenvalue weighted by molar-refractivity contribution is 7.80. The van der Waals surface area contributed by atoms with Crippen molar-refractivity contribution in [3.05, 3.63) is 0 Å². The molecule has 0 saturated carbocycles. The molecule has 0 aromatic carbocycles. The Bertz CT molecular complexity index is 295. The summed E-state index contributed by atoms with van der Waals surface area (Å²) >= 11 is 4.68. The van der Waals surface area contributed by atoms with Crippen molar-refractivity contribution < 1.29 is 18.0 Å². The number of thiocarbonyl (C=S) groups is 1. The largest absolute Gasteiger partial charge is 0.405 e. The maximum absolute atomic E-state index is 12.0. The smallest absolute Gasteiger partial charge is 0.393 e. The van der Waals surface area contributed by atoms with Crippen molar-refractivity contribution >= 4 is 23.2 Å². The van der Waals surface area contributed by atoms with E-state index in [9.17, 15) is 18.0 Å². The summed E-state index contributed by atoms with van der Waals surface area (Å²) in [5, 5.41) is 1.83. The molecule has 0 aromatic heterocycles. The molecule has 8 heteroatoms. The quantitative estimate of drug-likeness (QED) is 0.733. The summed E-state index contributed by atoms with van der Waals surface area (Å²) in [4.78, 5) is 13.1. The molecule has 0 radical (unpaired) electrons. The highest BCUT2D eigenvalue weighted by atomic mass is 32.1. The lowest BCUT2D eigenvalue weighted by Gasteiger charge is -2.25. The van der Waals surface area contributed by atoms with E-state index in [0.29, 0.717) is 13.0 Å². The van der Waals surface area contributed by atoms with Gasteiger partial charge in [0.25, 0.3) is 0 Å². The van der Waals surface area contributed by atoms with Gasteiger partial charge in [-0.1, -0.05) is 26.1 Å². The number of amides is 2. The number of carbonyl (C=O) groups is 1. The number of nitrogens with one attached hydrogen (secondary N) is 1. The number of alkyl halides is 3. The lowest BCUT2D eigenvalue weighted by Crippen LogP contribution is -2.46. The first-order chi connectivity index (χ1) is 8.11. The standard InChI is InChI=1S/C10H18F3N3OS/c1-7(2)5-16(4-3-8(14)18)9(17)15-6-10(11,12)13/h7H,3-6H2,1-2H3,(H2,14,18)(H,15,17). The molecule has 2 amide bonds. The van der Waals surface area contributed by atoms with Gasteiger partial charge in [0, 0.05) is 19.5 Å². The van der Waals surface area contributed by atoms with Crippen LogP contribution in [0.15, 0.2) is 0 Å². The van der Waals surface area contributed by atoms with Crippen LogP contribution in [0.4, 0.5) is 18.0 Å². The summed E-state index contributed by atoms with van der Waals surface area (Å²) in [5.74, 6) is 0.146. The lowest BCUT2D eigenvalue weighted by atomic mass is 10.2. The molecule has 0 atom stereocenters. The molecule has 0 aliphatic carbocycles. The Labute approximate surface area is 110 Å². The van der Waals surface area contributed by atoms with Crippen molar-refractivity contribution in [2.45, 2.75) is 26.4 Å². The van der Waals surface area contributed by atoms with Gasteiger partial charge >= 0.3 is 12.2 Å². The van der Waals surface area contributed by atoms with Crippen molar-refractivity contribution in [2.75, 3.05) is 19.6 Å². The van der Waals surface area contributed by atoms with Gasteiger partial charge in [-0.2, -0.15) is 13.2 Å². The predicted molar refractivity (Wildman–Crippen MR) is 67.3 cm³/mol. The minimum absolute atomic E-state index is 0.146. The summed E-state index contributed by atoms with van der Waals surface area (Å²) < 4.78 is 35.9. The average Bonchev–Trinajstić information content (AvgIpc) is 2.19. The first-order valence-electron chi connectivity index (χ1n) is 5.49. The van der Waals surface area contributed by atoms with Crippen LogP contribution in [0.2, 0.25) is 0 Å². The van der Waals surface area contributed by atoms with E-state index in [4.69, 9.17) is 5.73 Å². The molecule has 0 unspecified atom stereocenters.